The van der Waals surface area contributed by atoms with E-state index in [1.165, 1.54) is 0 Å². The third-order valence-corrected chi connectivity index (χ3v) is 2.43. The Morgan fingerprint density at radius 1 is 1.40 bits per heavy atom. The number of ether oxygens (including phenoxy) is 1. The summed E-state index contributed by atoms with van der Waals surface area (Å²) in [6, 6.07) is 3.67. The van der Waals surface area contributed by atoms with Crippen LogP contribution in [0.4, 0.5) is 11.4 Å². The Morgan fingerprint density at radius 2 is 2.07 bits per heavy atom. The Labute approximate surface area is 88.4 Å². The van der Waals surface area contributed by atoms with Gasteiger partial charge in [0.25, 0.3) is 5.91 Å². The molecule has 0 aromatic heterocycles. The average Bonchev–Trinajstić information content (AvgIpc) is 2.08. The van der Waals surface area contributed by atoms with E-state index in [4.69, 9.17) is 10.5 Å². The van der Waals surface area contributed by atoms with Gasteiger partial charge in [-0.15, -0.1) is 0 Å². The molecule has 0 saturated heterocycles. The first-order valence-corrected chi connectivity index (χ1v) is 4.81. The molecule has 0 unspecified atom stereocenters. The zero-order chi connectivity index (χ0) is 11.2. The molecule has 4 heteroatoms. The van der Waals surface area contributed by atoms with Crippen LogP contribution in [-0.2, 0) is 4.79 Å². The molecule has 0 atom stereocenters. The summed E-state index contributed by atoms with van der Waals surface area (Å²) in [6.07, 6.45) is 0. The maximum Gasteiger partial charge on any atom is 0.268 e. The summed E-state index contributed by atoms with van der Waals surface area (Å²) in [4.78, 5) is 11.6. The SMILES string of the molecule is Cc1cc(N)c2c(c1)OC(C)(C)C(=O)N2. The van der Waals surface area contributed by atoms with Gasteiger partial charge in [0, 0.05) is 0 Å². The average molecular weight is 206 g/mol. The van der Waals surface area contributed by atoms with E-state index in [2.05, 4.69) is 5.32 Å². The minimum atomic E-state index is -0.840. The number of carbonyl (C=O) groups is 1. The second kappa shape index (κ2) is 2.89. The Hall–Kier alpha value is -1.71. The van der Waals surface area contributed by atoms with Crippen molar-refractivity contribution in [3.8, 4) is 5.75 Å². The summed E-state index contributed by atoms with van der Waals surface area (Å²) in [5.41, 5.74) is 7.08. The van der Waals surface area contributed by atoms with Crippen LogP contribution in [0.3, 0.4) is 0 Å². The predicted octanol–water partition coefficient (Wildman–Crippen LogP) is 1.69. The zero-order valence-corrected chi connectivity index (χ0v) is 9.05. The van der Waals surface area contributed by atoms with Crippen molar-refractivity contribution in [3.63, 3.8) is 0 Å². The molecule has 1 aromatic carbocycles. The standard InChI is InChI=1S/C11H14N2O2/c1-6-4-7(12)9-8(5-6)15-11(2,3)10(14)13-9/h4-5H,12H2,1-3H3,(H,13,14). The first-order valence-electron chi connectivity index (χ1n) is 4.81. The molecule has 3 N–H and O–H groups in total. The number of nitrogens with one attached hydrogen (secondary N) is 1. The lowest BCUT2D eigenvalue weighted by Gasteiger charge is -2.32. The second-order valence-electron chi connectivity index (χ2n) is 4.29. The fourth-order valence-electron chi connectivity index (χ4n) is 1.58. The van der Waals surface area contributed by atoms with Crippen molar-refractivity contribution >= 4 is 17.3 Å². The van der Waals surface area contributed by atoms with Gasteiger partial charge in [0.1, 0.15) is 11.4 Å². The Kier molecular flexibility index (Phi) is 1.89. The smallest absolute Gasteiger partial charge is 0.268 e. The molecular weight excluding hydrogens is 192 g/mol. The first kappa shape index (κ1) is 9.83. The molecule has 0 bridgehead atoms. The van der Waals surface area contributed by atoms with Crippen molar-refractivity contribution in [1.29, 1.82) is 0 Å². The number of rotatable bonds is 0. The number of anilines is 2. The topological polar surface area (TPSA) is 64.3 Å². The van der Waals surface area contributed by atoms with E-state index in [-0.39, 0.29) is 5.91 Å². The third-order valence-electron chi connectivity index (χ3n) is 2.43. The summed E-state index contributed by atoms with van der Waals surface area (Å²) in [5, 5.41) is 2.76. The Bertz CT molecular complexity index is 438. The highest BCUT2D eigenvalue weighted by Crippen LogP contribution is 2.38. The van der Waals surface area contributed by atoms with Crippen LogP contribution in [0.5, 0.6) is 5.75 Å². The lowest BCUT2D eigenvalue weighted by Crippen LogP contribution is -2.45. The van der Waals surface area contributed by atoms with E-state index < -0.39 is 5.60 Å². The molecule has 15 heavy (non-hydrogen) atoms. The van der Waals surface area contributed by atoms with Gasteiger partial charge in [0.2, 0.25) is 0 Å². The molecule has 0 fully saturated rings. The van der Waals surface area contributed by atoms with Gasteiger partial charge < -0.3 is 15.8 Å². The van der Waals surface area contributed by atoms with Crippen molar-refractivity contribution in [1.82, 2.24) is 0 Å². The number of fused-ring (bicyclic) bond motifs is 1. The van der Waals surface area contributed by atoms with E-state index in [0.717, 1.165) is 5.56 Å². The van der Waals surface area contributed by atoms with Crippen molar-refractivity contribution in [2.45, 2.75) is 26.4 Å². The van der Waals surface area contributed by atoms with E-state index >= 15 is 0 Å². The van der Waals surface area contributed by atoms with Crippen molar-refractivity contribution in [2.24, 2.45) is 0 Å². The zero-order valence-electron chi connectivity index (χ0n) is 9.05. The van der Waals surface area contributed by atoms with Gasteiger partial charge in [-0.05, 0) is 38.5 Å². The van der Waals surface area contributed by atoms with Gasteiger partial charge in [-0.1, -0.05) is 0 Å². The Balaban J connectivity index is 2.55. The van der Waals surface area contributed by atoms with Gasteiger partial charge in [-0.25, -0.2) is 0 Å². The van der Waals surface area contributed by atoms with Crippen LogP contribution >= 0.6 is 0 Å². The first-order chi connectivity index (χ1) is 6.90. The molecule has 1 aromatic rings. The molecule has 1 amide bonds. The van der Waals surface area contributed by atoms with Gasteiger partial charge in [-0.2, -0.15) is 0 Å². The molecule has 80 valence electrons. The van der Waals surface area contributed by atoms with Crippen molar-refractivity contribution in [3.05, 3.63) is 17.7 Å². The van der Waals surface area contributed by atoms with Crippen LogP contribution in [0.15, 0.2) is 12.1 Å². The fourth-order valence-corrected chi connectivity index (χ4v) is 1.58. The highest BCUT2D eigenvalue weighted by atomic mass is 16.5. The van der Waals surface area contributed by atoms with Crippen LogP contribution in [0.1, 0.15) is 19.4 Å². The van der Waals surface area contributed by atoms with Crippen LogP contribution in [0.25, 0.3) is 0 Å². The molecule has 4 nitrogen and oxygen atoms in total. The number of amides is 1. The monoisotopic (exact) mass is 206 g/mol. The summed E-state index contributed by atoms with van der Waals surface area (Å²) >= 11 is 0. The van der Waals surface area contributed by atoms with Gasteiger partial charge >= 0.3 is 0 Å². The maximum atomic E-state index is 11.6. The molecule has 1 aliphatic rings. The number of nitrogens with two attached hydrogens (primary N) is 1. The number of carbonyl (C=O) groups excluding carboxylic acids is 1. The quantitative estimate of drug-likeness (QED) is 0.635. The largest absolute Gasteiger partial charge is 0.476 e. The molecule has 1 heterocycles. The number of aryl methyl sites for hydroxylation is 1. The highest BCUT2D eigenvalue weighted by Gasteiger charge is 2.36. The molecule has 0 aliphatic carbocycles. The van der Waals surface area contributed by atoms with Crippen LogP contribution in [0.2, 0.25) is 0 Å². The molecular formula is C11H14N2O2. The molecule has 0 saturated carbocycles. The van der Waals surface area contributed by atoms with E-state index in [0.29, 0.717) is 17.1 Å². The second-order valence-corrected chi connectivity index (χ2v) is 4.29. The normalized spacial score (nSPS) is 17.7. The number of hydrogen-bond acceptors (Lipinski definition) is 3. The summed E-state index contributed by atoms with van der Waals surface area (Å²) in [6.45, 7) is 5.39. The Morgan fingerprint density at radius 3 is 2.73 bits per heavy atom. The number of benzene rings is 1. The summed E-state index contributed by atoms with van der Waals surface area (Å²) in [7, 11) is 0. The lowest BCUT2D eigenvalue weighted by molar-refractivity contribution is -0.129. The molecule has 1 aliphatic heterocycles. The van der Waals surface area contributed by atoms with E-state index in [9.17, 15) is 4.79 Å². The fraction of sp³-hybridized carbons (Fsp3) is 0.364. The van der Waals surface area contributed by atoms with Crippen LogP contribution < -0.4 is 15.8 Å². The van der Waals surface area contributed by atoms with Crippen LogP contribution in [0, 0.1) is 6.92 Å². The van der Waals surface area contributed by atoms with E-state index in [1.54, 1.807) is 19.9 Å². The van der Waals surface area contributed by atoms with Gasteiger partial charge in [0.15, 0.2) is 5.60 Å². The van der Waals surface area contributed by atoms with Crippen LogP contribution in [-0.4, -0.2) is 11.5 Å². The van der Waals surface area contributed by atoms with E-state index in [1.807, 2.05) is 13.0 Å². The van der Waals surface area contributed by atoms with Gasteiger partial charge in [0.05, 0.1) is 5.69 Å². The molecule has 2 rings (SSSR count). The van der Waals surface area contributed by atoms with Gasteiger partial charge in [-0.3, -0.25) is 4.79 Å². The summed E-state index contributed by atoms with van der Waals surface area (Å²) in [5.74, 6) is 0.461. The van der Waals surface area contributed by atoms with Crippen molar-refractivity contribution < 1.29 is 9.53 Å². The maximum absolute atomic E-state index is 11.6. The minimum Gasteiger partial charge on any atom is -0.476 e. The predicted molar refractivity (Wildman–Crippen MR) is 58.9 cm³/mol. The number of hydrogen-bond donors (Lipinski definition) is 2. The summed E-state index contributed by atoms with van der Waals surface area (Å²) < 4.78 is 5.60. The highest BCUT2D eigenvalue weighted by molar-refractivity contribution is 6.03. The van der Waals surface area contributed by atoms with Crippen molar-refractivity contribution in [2.75, 3.05) is 11.1 Å². The minimum absolute atomic E-state index is 0.175. The third kappa shape index (κ3) is 1.52. The molecule has 0 radical (unpaired) electrons. The lowest BCUT2D eigenvalue weighted by atomic mass is 10.0. The molecule has 0 spiro atoms. The number of nitrogen functional groups attached to an aromatic ring is 1.